The number of hydrogen-bond acceptors (Lipinski definition) is 0. The van der Waals surface area contributed by atoms with E-state index in [0.29, 0.717) is 33.0 Å². The molecule has 0 bridgehead atoms. The van der Waals surface area contributed by atoms with E-state index in [0.717, 1.165) is 94.2 Å². The fraction of sp³-hybridized carbons (Fsp3) is 0.348. The molecule has 0 fully saturated rings. The van der Waals surface area contributed by atoms with Crippen LogP contribution in [0.1, 0.15) is 84.0 Å². The average Bonchev–Trinajstić information content (AvgIpc) is 3.79. The Hall–Kier alpha value is -3.06. The first-order chi connectivity index (χ1) is 28.8. The van der Waals surface area contributed by atoms with Crippen LogP contribution in [0.5, 0.6) is 0 Å². The summed E-state index contributed by atoms with van der Waals surface area (Å²) in [4.78, 5) is 0. The minimum absolute atomic E-state index is 0.0714. The van der Waals surface area contributed by atoms with E-state index >= 15 is 0 Å². The van der Waals surface area contributed by atoms with Crippen molar-refractivity contribution >= 4 is 48.1 Å². The Bertz CT molecular complexity index is 2140. The first-order valence-corrected chi connectivity index (χ1v) is 27.7. The third-order valence-electron chi connectivity index (χ3n) is 9.71. The second-order valence-electron chi connectivity index (χ2n) is 14.6. The van der Waals surface area contributed by atoms with Crippen molar-refractivity contribution in [2.24, 2.45) is 0 Å². The van der Waals surface area contributed by atoms with E-state index in [-0.39, 0.29) is 23.3 Å². The van der Waals surface area contributed by atoms with Gasteiger partial charge in [0, 0.05) is 9.52 Å². The molecule has 0 unspecified atom stereocenters. The summed E-state index contributed by atoms with van der Waals surface area (Å²) in [5, 5.41) is 2.99. The zero-order chi connectivity index (χ0) is 46.8. The molecule has 0 aliphatic carbocycles. The van der Waals surface area contributed by atoms with Crippen LogP contribution in [0.2, 0.25) is 13.1 Å². The Morgan fingerprint density at radius 3 is 1.02 bits per heavy atom. The molecule has 16 heteroatoms. The molecular formula is C46H44Cl2F12SiZr. The van der Waals surface area contributed by atoms with Gasteiger partial charge in [-0.25, -0.2) is 0 Å². The second kappa shape index (κ2) is 22.7. The van der Waals surface area contributed by atoms with E-state index < -0.39 is 67.8 Å². The summed E-state index contributed by atoms with van der Waals surface area (Å²) in [7, 11) is 11.0. The Morgan fingerprint density at radius 1 is 0.500 bits per heavy atom. The number of rotatable bonds is 8. The average molecular weight is 1020 g/mol. The van der Waals surface area contributed by atoms with E-state index in [1.54, 1.807) is 26.0 Å². The molecule has 0 heterocycles. The molecule has 2 radical (unpaired) electrons. The molecule has 0 amide bonds. The Kier molecular flexibility index (Phi) is 19.5. The summed E-state index contributed by atoms with van der Waals surface area (Å²) in [6.45, 7) is 11.8. The van der Waals surface area contributed by atoms with Crippen LogP contribution >= 0.6 is 17.0 Å². The Morgan fingerprint density at radius 2 is 0.774 bits per heavy atom. The van der Waals surface area contributed by atoms with Crippen LogP contribution in [0.4, 0.5) is 52.7 Å². The van der Waals surface area contributed by atoms with E-state index in [4.69, 9.17) is 17.0 Å². The SMILES string of the molecule is CCCCc1cc2c(-c3cc(C(F)(F)F)cc(C(F)(F)F)c3)c(C)ccc2[cH-]1.CCCCc1cc2c(-c3cc(C(F)(F)F)cc(C(F)(F)F)c3)c(C)ccc2[cH-]1.C[Si]C.[Cl][Zr+2][Cl]. The third kappa shape index (κ3) is 14.5. The van der Waals surface area contributed by atoms with Crippen LogP contribution in [0, 0.1) is 13.8 Å². The predicted molar refractivity (Wildman–Crippen MR) is 226 cm³/mol. The van der Waals surface area contributed by atoms with Gasteiger partial charge in [-0.1, -0.05) is 74.9 Å². The van der Waals surface area contributed by atoms with Crippen LogP contribution < -0.4 is 0 Å². The number of unbranched alkanes of at least 4 members (excludes halogenated alkanes) is 2. The maximum atomic E-state index is 13.2. The van der Waals surface area contributed by atoms with E-state index in [9.17, 15) is 52.7 Å². The molecule has 334 valence electrons. The monoisotopic (exact) mass is 1010 g/mol. The van der Waals surface area contributed by atoms with Crippen LogP contribution in [-0.4, -0.2) is 9.52 Å². The van der Waals surface area contributed by atoms with Gasteiger partial charge in [-0.05, 0) is 74.2 Å². The molecule has 0 atom stereocenters. The molecule has 0 aromatic heterocycles. The van der Waals surface area contributed by atoms with Crippen molar-refractivity contribution in [1.29, 1.82) is 0 Å². The molecular weight excluding hydrogens is 971 g/mol. The van der Waals surface area contributed by atoms with E-state index in [1.165, 1.54) is 0 Å². The predicted octanol–water partition coefficient (Wildman–Crippen LogP) is 18.0. The number of hydrogen-bond donors (Lipinski definition) is 0. The second-order valence-corrected chi connectivity index (χ2v) is 19.3. The molecule has 6 aromatic carbocycles. The first kappa shape index (κ1) is 53.3. The van der Waals surface area contributed by atoms with E-state index in [1.807, 2.05) is 36.4 Å². The molecule has 0 saturated heterocycles. The molecule has 6 aromatic rings. The van der Waals surface area contributed by atoms with Gasteiger partial charge in [-0.2, -0.15) is 64.8 Å². The molecule has 0 saturated carbocycles. The van der Waals surface area contributed by atoms with Crippen molar-refractivity contribution in [3.8, 4) is 22.3 Å². The summed E-state index contributed by atoms with van der Waals surface area (Å²) in [5.41, 5.74) is -1.18. The van der Waals surface area contributed by atoms with Crippen LogP contribution in [0.3, 0.4) is 0 Å². The summed E-state index contributed by atoms with van der Waals surface area (Å²) in [6, 6.07) is 18.3. The van der Waals surface area contributed by atoms with Gasteiger partial charge in [0.05, 0.1) is 22.3 Å². The van der Waals surface area contributed by atoms with Crippen molar-refractivity contribution in [2.75, 3.05) is 0 Å². The van der Waals surface area contributed by atoms with Crippen molar-refractivity contribution < 1.29 is 73.5 Å². The van der Waals surface area contributed by atoms with Gasteiger partial charge in [0.2, 0.25) is 0 Å². The Balaban J connectivity index is 0.000000293. The fourth-order valence-electron chi connectivity index (χ4n) is 6.92. The van der Waals surface area contributed by atoms with Gasteiger partial charge >= 0.3 is 62.6 Å². The first-order valence-electron chi connectivity index (χ1n) is 19.4. The third-order valence-corrected chi connectivity index (χ3v) is 9.71. The van der Waals surface area contributed by atoms with Crippen molar-refractivity contribution in [2.45, 2.75) is 104 Å². The molecule has 6 rings (SSSR count). The quantitative estimate of drug-likeness (QED) is 0.0810. The molecule has 62 heavy (non-hydrogen) atoms. The van der Waals surface area contributed by atoms with Crippen molar-refractivity contribution in [1.82, 2.24) is 0 Å². The molecule has 0 nitrogen and oxygen atoms in total. The van der Waals surface area contributed by atoms with Crippen molar-refractivity contribution in [3.05, 3.63) is 129 Å². The minimum atomic E-state index is -4.86. The standard InChI is InChI=1S/2C22H19F6.C2H6Si.2ClH.Zr/c2*1-3-4-5-14-8-15-7-6-13(2)20(19(15)9-14)16-10-17(21(23,24)25)12-18(11-16)22(26,27)28;1-3-2;;;/h2*6-12H,3-5H2,1-2H3;1-2H3;2*1H;/q2*-1;;;;+4/p-2. The number of benzene rings is 4. The topological polar surface area (TPSA) is 0 Å². The Labute approximate surface area is 375 Å². The molecule has 0 N–H and O–H groups in total. The van der Waals surface area contributed by atoms with Gasteiger partial charge in [0.1, 0.15) is 0 Å². The number of alkyl halides is 12. The molecule has 0 spiro atoms. The number of halogens is 14. The summed E-state index contributed by atoms with van der Waals surface area (Å²) < 4.78 is 159. The van der Waals surface area contributed by atoms with Crippen LogP contribution in [-0.2, 0) is 58.4 Å². The zero-order valence-electron chi connectivity index (χ0n) is 34.6. The van der Waals surface area contributed by atoms with Crippen LogP contribution in [0.25, 0.3) is 43.8 Å². The summed E-state index contributed by atoms with van der Waals surface area (Å²) in [5.74, 6) is 0. The number of fused-ring (bicyclic) bond motifs is 2. The van der Waals surface area contributed by atoms with Crippen LogP contribution in [0.15, 0.2) is 84.9 Å². The zero-order valence-corrected chi connectivity index (χ0v) is 39.6. The van der Waals surface area contributed by atoms with Gasteiger partial charge < -0.3 is 0 Å². The normalized spacial score (nSPS) is 11.9. The van der Waals surface area contributed by atoms with Gasteiger partial charge in [-0.15, -0.1) is 69.1 Å². The molecule has 0 aliphatic heterocycles. The molecule has 0 aliphatic rings. The van der Waals surface area contributed by atoms with Gasteiger partial charge in [-0.3, -0.25) is 0 Å². The summed E-state index contributed by atoms with van der Waals surface area (Å²) in [6.07, 6.45) is -13.9. The van der Waals surface area contributed by atoms with Gasteiger partial charge in [0.25, 0.3) is 0 Å². The fourth-order valence-corrected chi connectivity index (χ4v) is 6.92. The number of aryl methyl sites for hydroxylation is 4. The van der Waals surface area contributed by atoms with E-state index in [2.05, 4.69) is 26.9 Å². The van der Waals surface area contributed by atoms with Crippen molar-refractivity contribution in [3.63, 3.8) is 0 Å². The maximum absolute atomic E-state index is 13.2. The van der Waals surface area contributed by atoms with Gasteiger partial charge in [0.15, 0.2) is 0 Å². The summed E-state index contributed by atoms with van der Waals surface area (Å²) >= 11 is -0.826.